The standard InChI is InChI=1S/C24H18Cl2N4S/c25-17-7-8-20(21(26)12-17)23-15-31-24(29-18-4-3-10-27-14-18)30(23)11-9-16-13-28-22-6-2-1-5-19(16)22/h1-8,10,12-15,28H,9,11H2. The van der Waals surface area contributed by atoms with Crippen molar-refractivity contribution >= 4 is 51.1 Å². The van der Waals surface area contributed by atoms with E-state index in [-0.39, 0.29) is 0 Å². The number of hydrogen-bond donors (Lipinski definition) is 1. The number of fused-ring (bicyclic) bond motifs is 1. The molecular formula is C24H18Cl2N4S. The van der Waals surface area contributed by atoms with Gasteiger partial charge in [0.25, 0.3) is 0 Å². The van der Waals surface area contributed by atoms with Gasteiger partial charge in [-0.25, -0.2) is 4.99 Å². The number of halogens is 2. The summed E-state index contributed by atoms with van der Waals surface area (Å²) in [4.78, 5) is 13.3. The van der Waals surface area contributed by atoms with Crippen LogP contribution in [0.3, 0.4) is 0 Å². The molecule has 0 aliphatic rings. The van der Waals surface area contributed by atoms with Gasteiger partial charge >= 0.3 is 0 Å². The van der Waals surface area contributed by atoms with E-state index >= 15 is 0 Å². The van der Waals surface area contributed by atoms with Crippen LogP contribution in [0, 0.1) is 0 Å². The highest BCUT2D eigenvalue weighted by atomic mass is 35.5. The van der Waals surface area contributed by atoms with Crippen LogP contribution in [-0.2, 0) is 13.0 Å². The predicted molar refractivity (Wildman–Crippen MR) is 129 cm³/mol. The molecule has 0 spiro atoms. The van der Waals surface area contributed by atoms with Crippen molar-refractivity contribution < 1.29 is 0 Å². The number of hydrogen-bond acceptors (Lipinski definition) is 3. The topological polar surface area (TPSA) is 46.0 Å². The molecule has 1 N–H and O–H groups in total. The lowest BCUT2D eigenvalue weighted by atomic mass is 10.1. The monoisotopic (exact) mass is 464 g/mol. The first-order valence-corrected chi connectivity index (χ1v) is 11.5. The maximum Gasteiger partial charge on any atom is 0.190 e. The molecule has 0 atom stereocenters. The number of para-hydroxylation sites is 1. The van der Waals surface area contributed by atoms with Crippen LogP contribution in [0.2, 0.25) is 10.0 Å². The van der Waals surface area contributed by atoms with Crippen LogP contribution >= 0.6 is 34.5 Å². The zero-order valence-corrected chi connectivity index (χ0v) is 18.8. The Kier molecular flexibility index (Phi) is 5.64. The molecule has 5 rings (SSSR count). The van der Waals surface area contributed by atoms with Gasteiger partial charge in [0.1, 0.15) is 0 Å². The first kappa shape index (κ1) is 20.1. The highest BCUT2D eigenvalue weighted by molar-refractivity contribution is 7.07. The average Bonchev–Trinajstić information content (AvgIpc) is 3.37. The molecule has 31 heavy (non-hydrogen) atoms. The van der Waals surface area contributed by atoms with Crippen molar-refractivity contribution in [3.8, 4) is 11.3 Å². The van der Waals surface area contributed by atoms with Crippen LogP contribution in [0.5, 0.6) is 0 Å². The van der Waals surface area contributed by atoms with E-state index in [4.69, 9.17) is 28.2 Å². The number of aromatic amines is 1. The van der Waals surface area contributed by atoms with Crippen LogP contribution in [0.4, 0.5) is 5.69 Å². The largest absolute Gasteiger partial charge is 0.361 e. The molecule has 0 fully saturated rings. The van der Waals surface area contributed by atoms with Gasteiger partial charge in [-0.3, -0.25) is 4.98 Å². The Bertz CT molecular complexity index is 1420. The second kappa shape index (κ2) is 8.71. The fourth-order valence-corrected chi connectivity index (χ4v) is 5.10. The first-order chi connectivity index (χ1) is 15.2. The van der Waals surface area contributed by atoms with Crippen molar-refractivity contribution in [1.29, 1.82) is 0 Å². The second-order valence-corrected chi connectivity index (χ2v) is 8.79. The lowest BCUT2D eigenvalue weighted by Gasteiger charge is -2.11. The Balaban J connectivity index is 1.59. The maximum atomic E-state index is 6.54. The van der Waals surface area contributed by atoms with Gasteiger partial charge in [0, 0.05) is 45.8 Å². The Labute approximate surface area is 193 Å². The van der Waals surface area contributed by atoms with E-state index < -0.39 is 0 Å². The van der Waals surface area contributed by atoms with Crippen molar-refractivity contribution in [2.24, 2.45) is 4.99 Å². The van der Waals surface area contributed by atoms with Gasteiger partial charge in [0.2, 0.25) is 0 Å². The van der Waals surface area contributed by atoms with Crippen molar-refractivity contribution in [3.05, 3.63) is 99.0 Å². The zero-order chi connectivity index (χ0) is 21.2. The normalized spacial score (nSPS) is 12.0. The lowest BCUT2D eigenvalue weighted by Crippen LogP contribution is -2.17. The van der Waals surface area contributed by atoms with Gasteiger partial charge in [0.05, 0.1) is 22.6 Å². The van der Waals surface area contributed by atoms with Gasteiger partial charge in [-0.15, -0.1) is 11.3 Å². The Hall–Kier alpha value is -2.86. The quantitative estimate of drug-likeness (QED) is 0.302. The highest BCUT2D eigenvalue weighted by Gasteiger charge is 2.13. The lowest BCUT2D eigenvalue weighted by molar-refractivity contribution is 0.686. The Morgan fingerprint density at radius 3 is 2.81 bits per heavy atom. The number of rotatable bonds is 5. The summed E-state index contributed by atoms with van der Waals surface area (Å²) in [5, 5.41) is 4.59. The number of thiazole rings is 1. The average molecular weight is 465 g/mol. The summed E-state index contributed by atoms with van der Waals surface area (Å²) < 4.78 is 2.22. The Morgan fingerprint density at radius 2 is 1.97 bits per heavy atom. The molecule has 0 aliphatic heterocycles. The molecule has 0 saturated carbocycles. The molecule has 3 aromatic heterocycles. The summed E-state index contributed by atoms with van der Waals surface area (Å²) in [6.07, 6.45) is 6.46. The summed E-state index contributed by atoms with van der Waals surface area (Å²) in [5.74, 6) is 0. The van der Waals surface area contributed by atoms with Gasteiger partial charge in [-0.05, 0) is 48.4 Å². The van der Waals surface area contributed by atoms with Gasteiger partial charge in [0.15, 0.2) is 4.80 Å². The van der Waals surface area contributed by atoms with Crippen LogP contribution < -0.4 is 4.80 Å². The summed E-state index contributed by atoms with van der Waals surface area (Å²) in [6.45, 7) is 0.763. The summed E-state index contributed by atoms with van der Waals surface area (Å²) >= 11 is 14.3. The van der Waals surface area contributed by atoms with E-state index in [1.165, 1.54) is 10.9 Å². The van der Waals surface area contributed by atoms with Crippen LogP contribution in [0.25, 0.3) is 22.2 Å². The summed E-state index contributed by atoms with van der Waals surface area (Å²) in [7, 11) is 0. The molecule has 0 unspecified atom stereocenters. The third-order valence-electron chi connectivity index (χ3n) is 5.16. The number of pyridine rings is 1. The van der Waals surface area contributed by atoms with E-state index in [1.54, 1.807) is 29.8 Å². The van der Waals surface area contributed by atoms with Crippen molar-refractivity contribution in [1.82, 2.24) is 14.5 Å². The SMILES string of the molecule is Clc1ccc(-c2csc(=Nc3cccnc3)n2CCc2c[nH]c3ccccc23)c(Cl)c1. The number of H-pyrrole nitrogens is 1. The van der Waals surface area contributed by atoms with E-state index in [1.807, 2.05) is 30.3 Å². The fraction of sp³-hybridized carbons (Fsp3) is 0.0833. The third kappa shape index (κ3) is 4.17. The first-order valence-electron chi connectivity index (χ1n) is 9.82. The smallest absolute Gasteiger partial charge is 0.190 e. The molecule has 5 aromatic rings. The maximum absolute atomic E-state index is 6.54. The van der Waals surface area contributed by atoms with E-state index in [0.717, 1.165) is 40.2 Å². The second-order valence-electron chi connectivity index (χ2n) is 7.11. The molecule has 4 nitrogen and oxygen atoms in total. The molecule has 0 radical (unpaired) electrons. The van der Waals surface area contributed by atoms with Crippen molar-refractivity contribution in [2.45, 2.75) is 13.0 Å². The van der Waals surface area contributed by atoms with Gasteiger partial charge in [-0.2, -0.15) is 0 Å². The van der Waals surface area contributed by atoms with Crippen LogP contribution in [0.15, 0.2) is 83.6 Å². The van der Waals surface area contributed by atoms with E-state index in [2.05, 4.69) is 44.3 Å². The predicted octanol–water partition coefficient (Wildman–Crippen LogP) is 6.87. The minimum Gasteiger partial charge on any atom is -0.361 e. The minimum atomic E-state index is 0.620. The highest BCUT2D eigenvalue weighted by Crippen LogP contribution is 2.31. The number of benzene rings is 2. The zero-order valence-electron chi connectivity index (χ0n) is 16.4. The molecule has 0 saturated heterocycles. The minimum absolute atomic E-state index is 0.620. The number of aromatic nitrogens is 3. The molecule has 0 aliphatic carbocycles. The number of aryl methyl sites for hydroxylation is 1. The fourth-order valence-electron chi connectivity index (χ4n) is 3.65. The molecule has 154 valence electrons. The van der Waals surface area contributed by atoms with Crippen LogP contribution in [-0.4, -0.2) is 14.5 Å². The Morgan fingerprint density at radius 1 is 1.06 bits per heavy atom. The number of nitrogens with one attached hydrogen (secondary N) is 1. The van der Waals surface area contributed by atoms with Crippen molar-refractivity contribution in [3.63, 3.8) is 0 Å². The van der Waals surface area contributed by atoms with Crippen molar-refractivity contribution in [2.75, 3.05) is 0 Å². The molecule has 2 aromatic carbocycles. The molecule has 0 amide bonds. The van der Waals surface area contributed by atoms with Gasteiger partial charge in [-0.1, -0.05) is 41.4 Å². The molecular weight excluding hydrogens is 447 g/mol. The van der Waals surface area contributed by atoms with E-state index in [0.29, 0.717) is 10.0 Å². The molecule has 3 heterocycles. The summed E-state index contributed by atoms with van der Waals surface area (Å²) in [6, 6.07) is 17.8. The van der Waals surface area contributed by atoms with E-state index in [9.17, 15) is 0 Å². The third-order valence-corrected chi connectivity index (χ3v) is 6.57. The van der Waals surface area contributed by atoms with Crippen LogP contribution in [0.1, 0.15) is 5.56 Å². The molecule has 7 heteroatoms. The summed E-state index contributed by atoms with van der Waals surface area (Å²) in [5.41, 5.74) is 5.20. The molecule has 0 bridgehead atoms. The van der Waals surface area contributed by atoms with Gasteiger partial charge < -0.3 is 9.55 Å². The number of nitrogens with zero attached hydrogens (tertiary/aromatic N) is 3.